The Kier molecular flexibility index (Phi) is 3.48. The predicted molar refractivity (Wildman–Crippen MR) is 72.1 cm³/mol. The van der Waals surface area contributed by atoms with Gasteiger partial charge in [0, 0.05) is 0 Å². The van der Waals surface area contributed by atoms with E-state index in [0.29, 0.717) is 0 Å². The van der Waals surface area contributed by atoms with Crippen molar-refractivity contribution in [1.29, 1.82) is 0 Å². The molecule has 22 heavy (non-hydrogen) atoms. The summed E-state index contributed by atoms with van der Waals surface area (Å²) in [5.74, 6) is -0.145. The van der Waals surface area contributed by atoms with Crippen molar-refractivity contribution >= 4 is 17.1 Å². The van der Waals surface area contributed by atoms with Crippen LogP contribution in [0.3, 0.4) is 0 Å². The van der Waals surface area contributed by atoms with Gasteiger partial charge in [0.15, 0.2) is 17.4 Å². The number of methoxy groups -OCH3 is 1. The summed E-state index contributed by atoms with van der Waals surface area (Å²) in [6.45, 7) is -0.486. The molecule has 3 rings (SSSR count). The fraction of sp³-hybridized carbons (Fsp3) is 0.545. The lowest BCUT2D eigenvalue weighted by atomic mass is 10.1. The van der Waals surface area contributed by atoms with E-state index in [1.54, 1.807) is 0 Å². The normalized spacial score (nSPS) is 28.4. The molecule has 0 bridgehead atoms. The first-order valence-corrected chi connectivity index (χ1v) is 6.42. The van der Waals surface area contributed by atoms with Crippen LogP contribution in [0.15, 0.2) is 4.79 Å². The fourth-order valence-corrected chi connectivity index (χ4v) is 2.45. The highest BCUT2D eigenvalue weighted by atomic mass is 16.6. The third-order valence-electron chi connectivity index (χ3n) is 3.49. The van der Waals surface area contributed by atoms with Crippen LogP contribution in [0.2, 0.25) is 0 Å². The zero-order valence-electron chi connectivity index (χ0n) is 11.5. The zero-order chi connectivity index (χ0) is 16.0. The van der Waals surface area contributed by atoms with Gasteiger partial charge < -0.3 is 30.5 Å². The van der Waals surface area contributed by atoms with E-state index in [4.69, 9.17) is 20.3 Å². The van der Waals surface area contributed by atoms with Crippen LogP contribution in [0, 0.1) is 0 Å². The Morgan fingerprint density at radius 2 is 2.14 bits per heavy atom. The van der Waals surface area contributed by atoms with E-state index >= 15 is 0 Å². The van der Waals surface area contributed by atoms with Crippen molar-refractivity contribution < 1.29 is 24.8 Å². The van der Waals surface area contributed by atoms with Gasteiger partial charge >= 0.3 is 6.01 Å². The summed E-state index contributed by atoms with van der Waals surface area (Å²) < 4.78 is 11.7. The maximum Gasteiger partial charge on any atom is 0.300 e. The average molecular weight is 313 g/mol. The van der Waals surface area contributed by atoms with E-state index in [0.717, 1.165) is 0 Å². The van der Waals surface area contributed by atoms with Gasteiger partial charge in [-0.2, -0.15) is 9.97 Å². The molecule has 11 heteroatoms. The van der Waals surface area contributed by atoms with Crippen molar-refractivity contribution in [3.05, 3.63) is 10.4 Å². The molecule has 1 aliphatic heterocycles. The van der Waals surface area contributed by atoms with Gasteiger partial charge in [0.2, 0.25) is 5.95 Å². The summed E-state index contributed by atoms with van der Waals surface area (Å²) in [6.07, 6.45) is -4.80. The van der Waals surface area contributed by atoms with Gasteiger partial charge in [0.25, 0.3) is 5.56 Å². The van der Waals surface area contributed by atoms with Crippen LogP contribution in [0.1, 0.15) is 6.23 Å². The SMILES string of the molecule is COc1nc2c(=O)[nH]c(N)nc2n1[C@@H]1O[C@@H](CO)[C@@H](O)[C@@H]1O. The van der Waals surface area contributed by atoms with Gasteiger partial charge in [0.1, 0.15) is 18.3 Å². The molecule has 120 valence electrons. The first-order valence-electron chi connectivity index (χ1n) is 6.42. The Balaban J connectivity index is 2.20. The van der Waals surface area contributed by atoms with Crippen molar-refractivity contribution in [3.8, 4) is 6.01 Å². The number of fused-ring (bicyclic) bond motifs is 1. The minimum Gasteiger partial charge on any atom is -0.468 e. The molecule has 0 saturated carbocycles. The lowest BCUT2D eigenvalue weighted by Gasteiger charge is -2.18. The number of H-pyrrole nitrogens is 1. The van der Waals surface area contributed by atoms with E-state index < -0.39 is 36.7 Å². The molecule has 11 nitrogen and oxygen atoms in total. The molecule has 1 aliphatic rings. The van der Waals surface area contributed by atoms with Gasteiger partial charge in [-0.1, -0.05) is 0 Å². The quantitative estimate of drug-likeness (QED) is 0.405. The van der Waals surface area contributed by atoms with Crippen molar-refractivity contribution in [1.82, 2.24) is 19.5 Å². The number of nitrogen functional groups attached to an aromatic ring is 1. The molecule has 0 spiro atoms. The zero-order valence-corrected chi connectivity index (χ0v) is 11.5. The third-order valence-corrected chi connectivity index (χ3v) is 3.49. The van der Waals surface area contributed by atoms with Crippen molar-refractivity contribution in [2.75, 3.05) is 19.5 Å². The Morgan fingerprint density at radius 3 is 2.73 bits per heavy atom. The van der Waals surface area contributed by atoms with Gasteiger partial charge in [0.05, 0.1) is 13.7 Å². The number of aromatic amines is 1. The number of aromatic nitrogens is 4. The summed E-state index contributed by atoms with van der Waals surface area (Å²) in [6, 6.07) is -0.0477. The van der Waals surface area contributed by atoms with Gasteiger partial charge in [-0.3, -0.25) is 9.78 Å². The summed E-state index contributed by atoms with van der Waals surface area (Å²) in [5.41, 5.74) is 4.92. The van der Waals surface area contributed by atoms with E-state index in [2.05, 4.69) is 15.0 Å². The second-order valence-corrected chi connectivity index (χ2v) is 4.82. The molecule has 6 N–H and O–H groups in total. The van der Waals surface area contributed by atoms with Crippen LogP contribution in [-0.4, -0.2) is 66.9 Å². The summed E-state index contributed by atoms with van der Waals surface area (Å²) in [5, 5.41) is 29.1. The maximum atomic E-state index is 11.9. The van der Waals surface area contributed by atoms with Crippen molar-refractivity contribution in [2.24, 2.45) is 0 Å². The summed E-state index contributed by atoms with van der Waals surface area (Å²) >= 11 is 0. The number of aliphatic hydroxyl groups is 3. The van der Waals surface area contributed by atoms with Gasteiger partial charge in [-0.15, -0.1) is 0 Å². The average Bonchev–Trinajstić information content (AvgIpc) is 2.98. The lowest BCUT2D eigenvalue weighted by Crippen LogP contribution is -2.33. The Labute approximate surface area is 122 Å². The standard InChI is InChI=1S/C11H15N5O6/c1-21-11-13-4-7(14-10(12)15-8(4)20)16(11)9-6(19)5(18)3(2-17)22-9/h3,5-6,9,17-19H,2H2,1H3,(H3,12,14,15,20)/t3-,5+,6-,9+/m0/s1. The monoisotopic (exact) mass is 313 g/mol. The molecule has 1 saturated heterocycles. The van der Waals surface area contributed by atoms with Gasteiger partial charge in [-0.25, -0.2) is 4.57 Å². The second-order valence-electron chi connectivity index (χ2n) is 4.82. The second kappa shape index (κ2) is 5.21. The fourth-order valence-electron chi connectivity index (χ4n) is 2.45. The number of nitrogens with one attached hydrogen (secondary N) is 1. The summed E-state index contributed by atoms with van der Waals surface area (Å²) in [7, 11) is 1.32. The number of hydrogen-bond acceptors (Lipinski definition) is 9. The van der Waals surface area contributed by atoms with Crippen LogP contribution in [0.5, 0.6) is 6.01 Å². The molecule has 0 amide bonds. The highest BCUT2D eigenvalue weighted by Gasteiger charge is 2.45. The molecular weight excluding hydrogens is 298 g/mol. The van der Waals surface area contributed by atoms with Crippen LogP contribution in [0.4, 0.5) is 5.95 Å². The number of rotatable bonds is 3. The van der Waals surface area contributed by atoms with Crippen molar-refractivity contribution in [2.45, 2.75) is 24.5 Å². The molecule has 2 aromatic rings. The first kappa shape index (κ1) is 14.7. The first-order chi connectivity index (χ1) is 10.5. The lowest BCUT2D eigenvalue weighted by molar-refractivity contribution is -0.0537. The molecule has 3 heterocycles. The van der Waals surface area contributed by atoms with E-state index in [-0.39, 0.29) is 23.1 Å². The van der Waals surface area contributed by atoms with Gasteiger partial charge in [-0.05, 0) is 0 Å². The number of ether oxygens (including phenoxy) is 2. The van der Waals surface area contributed by atoms with E-state index in [1.165, 1.54) is 11.7 Å². The van der Waals surface area contributed by atoms with Crippen molar-refractivity contribution in [3.63, 3.8) is 0 Å². The maximum absolute atomic E-state index is 11.9. The Morgan fingerprint density at radius 1 is 1.41 bits per heavy atom. The minimum absolute atomic E-state index is 0.0351. The number of nitrogens with zero attached hydrogens (tertiary/aromatic N) is 3. The predicted octanol–water partition coefficient (Wildman–Crippen LogP) is -2.68. The Hall–Kier alpha value is -2.21. The number of aliphatic hydroxyl groups excluding tert-OH is 3. The molecule has 0 aromatic carbocycles. The molecule has 0 aliphatic carbocycles. The molecular formula is C11H15N5O6. The number of imidazole rings is 1. The van der Waals surface area contributed by atoms with E-state index in [1.807, 2.05) is 0 Å². The minimum atomic E-state index is -1.37. The topological polar surface area (TPSA) is 169 Å². The molecule has 1 fully saturated rings. The number of hydrogen-bond donors (Lipinski definition) is 5. The highest BCUT2D eigenvalue weighted by Crippen LogP contribution is 2.34. The van der Waals surface area contributed by atoms with Crippen LogP contribution in [0.25, 0.3) is 11.2 Å². The summed E-state index contributed by atoms with van der Waals surface area (Å²) in [4.78, 5) is 22.1. The van der Waals surface area contributed by atoms with Crippen LogP contribution < -0.4 is 16.0 Å². The largest absolute Gasteiger partial charge is 0.468 e. The Bertz CT molecular complexity index is 757. The van der Waals surface area contributed by atoms with Crippen LogP contribution >= 0.6 is 0 Å². The van der Waals surface area contributed by atoms with Crippen LogP contribution in [-0.2, 0) is 4.74 Å². The molecule has 4 atom stereocenters. The van der Waals surface area contributed by atoms with E-state index in [9.17, 15) is 15.0 Å². The smallest absolute Gasteiger partial charge is 0.300 e. The molecule has 0 unspecified atom stereocenters. The highest BCUT2D eigenvalue weighted by molar-refractivity contribution is 5.72. The molecule has 2 aromatic heterocycles. The molecule has 0 radical (unpaired) electrons. The number of nitrogens with two attached hydrogens (primary N) is 1. The third kappa shape index (κ3) is 2.02. The number of anilines is 1.